The first-order valence-corrected chi connectivity index (χ1v) is 8.53. The summed E-state index contributed by atoms with van der Waals surface area (Å²) in [6.07, 6.45) is 2.21. The number of nitrogen functional groups attached to an aromatic ring is 1. The average Bonchev–Trinajstić information content (AvgIpc) is 3.02. The van der Waals surface area contributed by atoms with Crippen molar-refractivity contribution >= 4 is 28.5 Å². The molecule has 3 N–H and O–H groups in total. The lowest BCUT2D eigenvalue weighted by molar-refractivity contribution is 0.414. The number of ether oxygens (including phenoxy) is 1. The summed E-state index contributed by atoms with van der Waals surface area (Å²) >= 11 is 2.19. The third-order valence-corrected chi connectivity index (χ3v) is 4.61. The molecule has 0 saturated carbocycles. The van der Waals surface area contributed by atoms with Crippen LogP contribution in [-0.4, -0.2) is 17.1 Å². The summed E-state index contributed by atoms with van der Waals surface area (Å²) in [5, 5.41) is 0. The van der Waals surface area contributed by atoms with Gasteiger partial charge < -0.3 is 15.5 Å². The molecule has 0 saturated heterocycles. The highest BCUT2D eigenvalue weighted by atomic mass is 127. The first kappa shape index (κ1) is 16.8. The van der Waals surface area contributed by atoms with Gasteiger partial charge in [-0.2, -0.15) is 0 Å². The van der Waals surface area contributed by atoms with Crippen LogP contribution in [0.25, 0.3) is 0 Å². The largest absolute Gasteiger partial charge is 0.497 e. The Bertz CT molecular complexity index is 833. The molecule has 1 unspecified atom stereocenters. The number of nitrogens with two attached hydrogens (primary N) is 1. The molecular weight excluding hydrogens is 420 g/mol. The highest BCUT2D eigenvalue weighted by Crippen LogP contribution is 2.30. The van der Waals surface area contributed by atoms with Crippen molar-refractivity contribution < 1.29 is 9.13 Å². The van der Waals surface area contributed by atoms with Crippen molar-refractivity contribution in [2.24, 2.45) is 0 Å². The number of nitrogens with one attached hydrogen (secondary N) is 1. The number of imidazole rings is 1. The molecule has 0 aliphatic rings. The van der Waals surface area contributed by atoms with E-state index < -0.39 is 0 Å². The van der Waals surface area contributed by atoms with Gasteiger partial charge in [-0.05, 0) is 70.5 Å². The van der Waals surface area contributed by atoms with E-state index in [2.05, 4.69) is 32.6 Å². The standard InChI is InChI=1S/C18H17FIN3O/c1-24-14-5-2-11(3-6-14)15(17-10-22-18(21)23-17)9-12-8-13(20)4-7-16(12)19/h2-8,10,15H,9H2,1H3,(H3,21,22,23). The minimum atomic E-state index is -0.207. The SMILES string of the molecule is COc1ccc(C(Cc2cc(I)ccc2F)c2cnc(N)[nH]2)cc1. The molecule has 0 amide bonds. The number of anilines is 1. The summed E-state index contributed by atoms with van der Waals surface area (Å²) in [6, 6.07) is 12.9. The molecule has 3 aromatic rings. The molecule has 0 aliphatic heterocycles. The van der Waals surface area contributed by atoms with E-state index in [0.29, 0.717) is 17.9 Å². The number of aromatic amines is 1. The van der Waals surface area contributed by atoms with Gasteiger partial charge >= 0.3 is 0 Å². The Labute approximate surface area is 153 Å². The van der Waals surface area contributed by atoms with Crippen molar-refractivity contribution in [1.82, 2.24) is 9.97 Å². The van der Waals surface area contributed by atoms with Gasteiger partial charge in [0, 0.05) is 15.2 Å². The Hall–Kier alpha value is -2.09. The van der Waals surface area contributed by atoms with Crippen LogP contribution in [0.4, 0.5) is 10.3 Å². The van der Waals surface area contributed by atoms with Crippen LogP contribution in [0.3, 0.4) is 0 Å². The molecule has 1 atom stereocenters. The summed E-state index contributed by atoms with van der Waals surface area (Å²) in [7, 11) is 1.63. The second kappa shape index (κ2) is 7.21. The Morgan fingerprint density at radius 3 is 2.62 bits per heavy atom. The van der Waals surface area contributed by atoms with Gasteiger partial charge in [-0.1, -0.05) is 12.1 Å². The number of halogens is 2. The smallest absolute Gasteiger partial charge is 0.197 e. The van der Waals surface area contributed by atoms with Crippen LogP contribution in [0, 0.1) is 9.39 Å². The number of methoxy groups -OCH3 is 1. The Morgan fingerprint density at radius 1 is 1.25 bits per heavy atom. The molecule has 6 heteroatoms. The molecule has 3 rings (SSSR count). The molecule has 2 aromatic carbocycles. The van der Waals surface area contributed by atoms with E-state index in [-0.39, 0.29) is 11.7 Å². The van der Waals surface area contributed by atoms with E-state index >= 15 is 0 Å². The van der Waals surface area contributed by atoms with Crippen LogP contribution in [0.2, 0.25) is 0 Å². The van der Waals surface area contributed by atoms with Crippen LogP contribution < -0.4 is 10.5 Å². The topological polar surface area (TPSA) is 63.9 Å². The number of benzene rings is 2. The number of H-pyrrole nitrogens is 1. The molecule has 24 heavy (non-hydrogen) atoms. The summed E-state index contributed by atoms with van der Waals surface area (Å²) in [4.78, 5) is 7.15. The highest BCUT2D eigenvalue weighted by Gasteiger charge is 2.19. The van der Waals surface area contributed by atoms with Crippen molar-refractivity contribution in [1.29, 1.82) is 0 Å². The predicted molar refractivity (Wildman–Crippen MR) is 101 cm³/mol. The van der Waals surface area contributed by atoms with Gasteiger partial charge in [-0.15, -0.1) is 0 Å². The minimum absolute atomic E-state index is 0.0755. The highest BCUT2D eigenvalue weighted by molar-refractivity contribution is 14.1. The Balaban J connectivity index is 1.99. The molecule has 1 heterocycles. The predicted octanol–water partition coefficient (Wildman–Crippen LogP) is 4.12. The van der Waals surface area contributed by atoms with Gasteiger partial charge in [0.25, 0.3) is 0 Å². The molecule has 0 bridgehead atoms. The minimum Gasteiger partial charge on any atom is -0.497 e. The molecule has 0 fully saturated rings. The van der Waals surface area contributed by atoms with E-state index in [0.717, 1.165) is 20.6 Å². The van der Waals surface area contributed by atoms with Crippen molar-refractivity contribution in [3.63, 3.8) is 0 Å². The molecule has 0 spiro atoms. The zero-order chi connectivity index (χ0) is 17.1. The second-order valence-electron chi connectivity index (χ2n) is 5.49. The summed E-state index contributed by atoms with van der Waals surface area (Å²) < 4.78 is 20.4. The molecule has 0 aliphatic carbocycles. The van der Waals surface area contributed by atoms with Crippen LogP contribution >= 0.6 is 22.6 Å². The number of hydrogen-bond acceptors (Lipinski definition) is 3. The third kappa shape index (κ3) is 3.69. The van der Waals surface area contributed by atoms with Crippen LogP contribution in [0.1, 0.15) is 22.7 Å². The zero-order valence-electron chi connectivity index (χ0n) is 13.1. The Morgan fingerprint density at radius 2 is 2.00 bits per heavy atom. The van der Waals surface area contributed by atoms with Gasteiger partial charge in [0.05, 0.1) is 13.3 Å². The fourth-order valence-electron chi connectivity index (χ4n) is 2.69. The number of nitrogens with zero attached hydrogens (tertiary/aromatic N) is 1. The maximum Gasteiger partial charge on any atom is 0.197 e. The zero-order valence-corrected chi connectivity index (χ0v) is 15.2. The maximum atomic E-state index is 14.2. The van der Waals surface area contributed by atoms with Gasteiger partial charge in [-0.3, -0.25) is 0 Å². The maximum absolute atomic E-state index is 14.2. The van der Waals surface area contributed by atoms with Crippen molar-refractivity contribution in [2.75, 3.05) is 12.8 Å². The second-order valence-corrected chi connectivity index (χ2v) is 6.74. The van der Waals surface area contributed by atoms with E-state index in [4.69, 9.17) is 10.5 Å². The lowest BCUT2D eigenvalue weighted by atomic mass is 9.89. The average molecular weight is 437 g/mol. The quantitative estimate of drug-likeness (QED) is 0.591. The molecule has 1 aromatic heterocycles. The van der Waals surface area contributed by atoms with Crippen LogP contribution in [0.15, 0.2) is 48.7 Å². The summed E-state index contributed by atoms with van der Waals surface area (Å²) in [6.45, 7) is 0. The number of hydrogen-bond donors (Lipinski definition) is 2. The molecule has 124 valence electrons. The van der Waals surface area contributed by atoms with Crippen molar-refractivity contribution in [3.8, 4) is 5.75 Å². The van der Waals surface area contributed by atoms with Crippen LogP contribution in [0.5, 0.6) is 5.75 Å². The molecule has 4 nitrogen and oxygen atoms in total. The van der Waals surface area contributed by atoms with E-state index in [1.807, 2.05) is 30.3 Å². The number of aromatic nitrogens is 2. The van der Waals surface area contributed by atoms with E-state index in [1.54, 1.807) is 19.4 Å². The third-order valence-electron chi connectivity index (χ3n) is 3.94. The molecular formula is C18H17FIN3O. The first-order valence-electron chi connectivity index (χ1n) is 7.45. The van der Waals surface area contributed by atoms with Crippen LogP contribution in [-0.2, 0) is 6.42 Å². The monoisotopic (exact) mass is 437 g/mol. The first-order chi connectivity index (χ1) is 11.6. The normalized spacial score (nSPS) is 12.1. The Kier molecular flexibility index (Phi) is 5.03. The fraction of sp³-hybridized carbons (Fsp3) is 0.167. The summed E-state index contributed by atoms with van der Waals surface area (Å²) in [5.74, 6) is 0.850. The van der Waals surface area contributed by atoms with Gasteiger partial charge in [0.15, 0.2) is 5.95 Å². The number of rotatable bonds is 5. The van der Waals surface area contributed by atoms with Gasteiger partial charge in [0.1, 0.15) is 11.6 Å². The lowest BCUT2D eigenvalue weighted by Gasteiger charge is -2.17. The van der Waals surface area contributed by atoms with E-state index in [1.165, 1.54) is 6.07 Å². The van der Waals surface area contributed by atoms with E-state index in [9.17, 15) is 4.39 Å². The van der Waals surface area contributed by atoms with Gasteiger partial charge in [-0.25, -0.2) is 9.37 Å². The van der Waals surface area contributed by atoms with Gasteiger partial charge in [0.2, 0.25) is 0 Å². The van der Waals surface area contributed by atoms with Crippen molar-refractivity contribution in [2.45, 2.75) is 12.3 Å². The van der Waals surface area contributed by atoms with Crippen molar-refractivity contribution in [3.05, 3.63) is 74.9 Å². The molecule has 0 radical (unpaired) electrons. The lowest BCUT2D eigenvalue weighted by Crippen LogP contribution is -2.07. The fourth-order valence-corrected chi connectivity index (χ4v) is 3.25. The summed E-state index contributed by atoms with van der Waals surface area (Å²) in [5.41, 5.74) is 8.29.